The highest BCUT2D eigenvalue weighted by molar-refractivity contribution is 9.10. The van der Waals surface area contributed by atoms with E-state index >= 15 is 0 Å². The SMILES string of the molecule is C#Cc1cnc2cc(OCC)c(OCC)cc2c1Nc1cccc(Br)c1. The average molecular weight is 411 g/mol. The van der Waals surface area contributed by atoms with Crippen LogP contribution in [0, 0.1) is 12.3 Å². The van der Waals surface area contributed by atoms with Crippen LogP contribution in [0.5, 0.6) is 11.5 Å². The first-order valence-corrected chi connectivity index (χ1v) is 9.17. The molecule has 0 unspecified atom stereocenters. The summed E-state index contributed by atoms with van der Waals surface area (Å²) in [5.41, 5.74) is 3.22. The number of nitrogens with one attached hydrogen (secondary N) is 1. The lowest BCUT2D eigenvalue weighted by Gasteiger charge is -2.16. The van der Waals surface area contributed by atoms with Gasteiger partial charge < -0.3 is 14.8 Å². The summed E-state index contributed by atoms with van der Waals surface area (Å²) in [6.45, 7) is 4.98. The Hall–Kier alpha value is -2.71. The van der Waals surface area contributed by atoms with E-state index in [1.54, 1.807) is 6.20 Å². The Morgan fingerprint density at radius 1 is 1.12 bits per heavy atom. The molecule has 0 amide bonds. The van der Waals surface area contributed by atoms with Crippen molar-refractivity contribution in [1.82, 2.24) is 4.98 Å². The molecule has 0 atom stereocenters. The molecule has 2 aromatic carbocycles. The van der Waals surface area contributed by atoms with Crippen LogP contribution in [0.3, 0.4) is 0 Å². The summed E-state index contributed by atoms with van der Waals surface area (Å²) in [6.07, 6.45) is 7.40. The number of nitrogens with zero attached hydrogens (tertiary/aromatic N) is 1. The van der Waals surface area contributed by atoms with Gasteiger partial charge >= 0.3 is 0 Å². The zero-order valence-electron chi connectivity index (χ0n) is 14.7. The second kappa shape index (κ2) is 8.11. The highest BCUT2D eigenvalue weighted by Gasteiger charge is 2.14. The zero-order chi connectivity index (χ0) is 18.5. The minimum atomic E-state index is 0.544. The maximum atomic E-state index is 5.76. The van der Waals surface area contributed by atoms with E-state index in [-0.39, 0.29) is 0 Å². The molecular formula is C21H19BrN2O2. The van der Waals surface area contributed by atoms with E-state index in [1.165, 1.54) is 0 Å². The first kappa shape index (κ1) is 18.1. The Morgan fingerprint density at radius 2 is 1.85 bits per heavy atom. The van der Waals surface area contributed by atoms with E-state index in [0.29, 0.717) is 30.3 Å². The van der Waals surface area contributed by atoms with Gasteiger partial charge in [0.15, 0.2) is 11.5 Å². The van der Waals surface area contributed by atoms with Gasteiger partial charge in [-0.1, -0.05) is 27.9 Å². The number of hydrogen-bond acceptors (Lipinski definition) is 4. The Morgan fingerprint density at radius 3 is 2.50 bits per heavy atom. The number of terminal acetylenes is 1. The molecule has 5 heteroatoms. The van der Waals surface area contributed by atoms with Crippen LogP contribution in [-0.2, 0) is 0 Å². The summed E-state index contributed by atoms with van der Waals surface area (Å²) < 4.78 is 12.4. The van der Waals surface area contributed by atoms with Crippen molar-refractivity contribution in [3.8, 4) is 23.8 Å². The number of fused-ring (bicyclic) bond motifs is 1. The molecule has 3 aromatic rings. The lowest BCUT2D eigenvalue weighted by atomic mass is 10.1. The van der Waals surface area contributed by atoms with Gasteiger partial charge in [0.25, 0.3) is 0 Å². The second-order valence-electron chi connectivity index (χ2n) is 5.51. The third-order valence-corrected chi connectivity index (χ3v) is 4.28. The smallest absolute Gasteiger partial charge is 0.163 e. The number of aromatic nitrogens is 1. The number of benzene rings is 2. The fourth-order valence-electron chi connectivity index (χ4n) is 2.69. The molecule has 3 rings (SSSR count). The van der Waals surface area contributed by atoms with Crippen LogP contribution >= 0.6 is 15.9 Å². The van der Waals surface area contributed by atoms with Crippen LogP contribution in [-0.4, -0.2) is 18.2 Å². The number of hydrogen-bond donors (Lipinski definition) is 1. The summed E-state index contributed by atoms with van der Waals surface area (Å²) in [5.74, 6) is 4.06. The molecule has 0 fully saturated rings. The Balaban J connectivity index is 2.18. The number of pyridine rings is 1. The molecule has 0 saturated carbocycles. The van der Waals surface area contributed by atoms with Gasteiger partial charge in [0.05, 0.1) is 30.0 Å². The maximum Gasteiger partial charge on any atom is 0.163 e. The fourth-order valence-corrected chi connectivity index (χ4v) is 3.09. The summed E-state index contributed by atoms with van der Waals surface area (Å²) >= 11 is 3.49. The van der Waals surface area contributed by atoms with Crippen LogP contribution < -0.4 is 14.8 Å². The first-order chi connectivity index (χ1) is 12.7. The molecule has 0 aliphatic heterocycles. The predicted octanol–water partition coefficient (Wildman–Crippen LogP) is 5.52. The highest BCUT2D eigenvalue weighted by atomic mass is 79.9. The third kappa shape index (κ3) is 3.76. The number of anilines is 2. The molecule has 4 nitrogen and oxygen atoms in total. The second-order valence-corrected chi connectivity index (χ2v) is 6.42. The van der Waals surface area contributed by atoms with Gasteiger partial charge in [0.1, 0.15) is 0 Å². The zero-order valence-corrected chi connectivity index (χ0v) is 16.3. The molecule has 1 aromatic heterocycles. The van der Waals surface area contributed by atoms with E-state index in [9.17, 15) is 0 Å². The molecule has 26 heavy (non-hydrogen) atoms. The summed E-state index contributed by atoms with van der Waals surface area (Å²) in [5, 5.41) is 4.30. The van der Waals surface area contributed by atoms with E-state index < -0.39 is 0 Å². The summed E-state index contributed by atoms with van der Waals surface area (Å²) in [6, 6.07) is 11.7. The molecule has 0 bridgehead atoms. The monoisotopic (exact) mass is 410 g/mol. The fraction of sp³-hybridized carbons (Fsp3) is 0.190. The van der Waals surface area contributed by atoms with Gasteiger partial charge in [-0.05, 0) is 38.1 Å². The molecule has 132 valence electrons. The first-order valence-electron chi connectivity index (χ1n) is 8.37. The van der Waals surface area contributed by atoms with Crippen molar-refractivity contribution in [2.75, 3.05) is 18.5 Å². The number of halogens is 1. The van der Waals surface area contributed by atoms with Gasteiger partial charge in [0.2, 0.25) is 0 Å². The van der Waals surface area contributed by atoms with Crippen molar-refractivity contribution in [3.63, 3.8) is 0 Å². The Kier molecular flexibility index (Phi) is 5.65. The maximum absolute atomic E-state index is 5.76. The predicted molar refractivity (Wildman–Crippen MR) is 109 cm³/mol. The van der Waals surface area contributed by atoms with Gasteiger partial charge in [-0.15, -0.1) is 6.42 Å². The molecule has 0 aliphatic rings. The quantitative estimate of drug-likeness (QED) is 0.543. The van der Waals surface area contributed by atoms with Crippen LogP contribution in [0.1, 0.15) is 19.4 Å². The van der Waals surface area contributed by atoms with Crippen LogP contribution in [0.15, 0.2) is 47.1 Å². The van der Waals surface area contributed by atoms with Gasteiger partial charge in [-0.25, -0.2) is 0 Å². The molecule has 0 saturated heterocycles. The van der Waals surface area contributed by atoms with Crippen LogP contribution in [0.25, 0.3) is 10.9 Å². The van der Waals surface area contributed by atoms with Crippen molar-refractivity contribution in [2.24, 2.45) is 0 Å². The standard InChI is InChI=1S/C21H19BrN2O2/c1-4-14-13-23-18-12-20(26-6-3)19(25-5-2)11-17(18)21(14)24-16-9-7-8-15(22)10-16/h1,7-13H,5-6H2,2-3H3,(H,23,24). The topological polar surface area (TPSA) is 43.4 Å². The Labute approximate surface area is 161 Å². The lowest BCUT2D eigenvalue weighted by Crippen LogP contribution is -2.01. The number of rotatable bonds is 6. The summed E-state index contributed by atoms with van der Waals surface area (Å²) in [7, 11) is 0. The van der Waals surface area contributed by atoms with Gasteiger partial charge in [-0.3, -0.25) is 4.98 Å². The van der Waals surface area contributed by atoms with Gasteiger partial charge in [-0.2, -0.15) is 0 Å². The molecule has 1 heterocycles. The van der Waals surface area contributed by atoms with Crippen LogP contribution in [0.4, 0.5) is 11.4 Å². The molecule has 1 N–H and O–H groups in total. The van der Waals surface area contributed by atoms with Crippen molar-refractivity contribution in [3.05, 3.63) is 52.6 Å². The molecule has 0 aliphatic carbocycles. The molecular weight excluding hydrogens is 392 g/mol. The normalized spacial score (nSPS) is 10.4. The third-order valence-electron chi connectivity index (χ3n) is 3.78. The lowest BCUT2D eigenvalue weighted by molar-refractivity contribution is 0.288. The minimum Gasteiger partial charge on any atom is -0.490 e. The highest BCUT2D eigenvalue weighted by Crippen LogP contribution is 2.37. The van der Waals surface area contributed by atoms with Crippen molar-refractivity contribution >= 4 is 38.2 Å². The molecule has 0 radical (unpaired) electrons. The van der Waals surface area contributed by atoms with E-state index in [4.69, 9.17) is 15.9 Å². The Bertz CT molecular complexity index is 980. The number of ether oxygens (including phenoxy) is 2. The van der Waals surface area contributed by atoms with E-state index in [2.05, 4.69) is 32.2 Å². The van der Waals surface area contributed by atoms with Gasteiger partial charge in [0, 0.05) is 27.8 Å². The molecule has 0 spiro atoms. The summed E-state index contributed by atoms with van der Waals surface area (Å²) in [4.78, 5) is 4.49. The largest absolute Gasteiger partial charge is 0.490 e. The average Bonchev–Trinajstić information content (AvgIpc) is 2.63. The van der Waals surface area contributed by atoms with Crippen LogP contribution in [0.2, 0.25) is 0 Å². The van der Waals surface area contributed by atoms with Crippen molar-refractivity contribution in [1.29, 1.82) is 0 Å². The van der Waals surface area contributed by atoms with Crippen molar-refractivity contribution in [2.45, 2.75) is 13.8 Å². The van der Waals surface area contributed by atoms with Crippen molar-refractivity contribution < 1.29 is 9.47 Å². The van der Waals surface area contributed by atoms with E-state index in [1.807, 2.05) is 50.2 Å². The minimum absolute atomic E-state index is 0.544. The van der Waals surface area contributed by atoms with E-state index in [0.717, 1.165) is 26.8 Å².